The summed E-state index contributed by atoms with van der Waals surface area (Å²) in [6.07, 6.45) is 3.55. The van der Waals surface area contributed by atoms with E-state index in [1.165, 1.54) is 0 Å². The Morgan fingerprint density at radius 3 is 2.81 bits per heavy atom. The minimum atomic E-state index is -0.395. The third kappa shape index (κ3) is 2.99. The van der Waals surface area contributed by atoms with E-state index in [4.69, 9.17) is 21.1 Å². The molecule has 0 radical (unpaired) electrons. The van der Waals surface area contributed by atoms with Crippen LogP contribution < -0.4 is 14.8 Å². The molecule has 2 aromatic carbocycles. The number of aryl methyl sites for hydroxylation is 1. The van der Waals surface area contributed by atoms with E-state index in [1.807, 2.05) is 48.1 Å². The van der Waals surface area contributed by atoms with Crippen molar-refractivity contribution in [2.75, 3.05) is 6.79 Å². The van der Waals surface area contributed by atoms with Gasteiger partial charge < -0.3 is 19.4 Å². The minimum Gasteiger partial charge on any atom is -0.454 e. The normalized spacial score (nSPS) is 13.5. The zero-order valence-electron chi connectivity index (χ0n) is 14.0. The van der Waals surface area contributed by atoms with E-state index < -0.39 is 6.04 Å². The molecule has 1 amide bonds. The summed E-state index contributed by atoms with van der Waals surface area (Å²) in [6.45, 7) is 0.0973. The molecule has 6 nitrogen and oxygen atoms in total. The number of nitrogens with one attached hydrogen (secondary N) is 1. The first kappa shape index (κ1) is 16.5. The molecule has 26 heavy (non-hydrogen) atoms. The number of halogens is 1. The van der Waals surface area contributed by atoms with Crippen LogP contribution >= 0.6 is 11.6 Å². The van der Waals surface area contributed by atoms with Crippen molar-refractivity contribution in [2.45, 2.75) is 6.04 Å². The number of aromatic nitrogens is 2. The summed E-state index contributed by atoms with van der Waals surface area (Å²) < 4.78 is 12.5. The standard InChI is InChI=1S/C19H16ClN3O3/c1-23-8-7-21-18(23)16(12-5-3-2-4-6-12)22-19(24)13-9-14(20)17-15(10-13)25-11-26-17/h2-10,16H,11H2,1H3,(H,22,24)/t16-/m0/s1. The number of benzene rings is 2. The van der Waals surface area contributed by atoms with Crippen LogP contribution in [0.25, 0.3) is 0 Å². The quantitative estimate of drug-likeness (QED) is 0.766. The first-order valence-electron chi connectivity index (χ1n) is 8.05. The predicted octanol–water partition coefficient (Wildman–Crippen LogP) is 3.32. The Bertz CT molecular complexity index is 956. The fourth-order valence-electron chi connectivity index (χ4n) is 2.91. The van der Waals surface area contributed by atoms with Crippen LogP contribution in [0.1, 0.15) is 27.8 Å². The lowest BCUT2D eigenvalue weighted by atomic mass is 10.1. The predicted molar refractivity (Wildman–Crippen MR) is 96.5 cm³/mol. The van der Waals surface area contributed by atoms with Gasteiger partial charge in [-0.1, -0.05) is 41.9 Å². The number of imidazole rings is 1. The zero-order chi connectivity index (χ0) is 18.1. The molecule has 1 aliphatic heterocycles. The fourth-order valence-corrected chi connectivity index (χ4v) is 3.18. The molecule has 0 bridgehead atoms. The molecule has 3 aromatic rings. The molecule has 1 N–H and O–H groups in total. The van der Waals surface area contributed by atoms with Gasteiger partial charge >= 0.3 is 0 Å². The number of nitrogens with zero attached hydrogens (tertiary/aromatic N) is 2. The Morgan fingerprint density at radius 2 is 2.08 bits per heavy atom. The Morgan fingerprint density at radius 1 is 1.27 bits per heavy atom. The molecule has 132 valence electrons. The second-order valence-corrected chi connectivity index (χ2v) is 6.31. The van der Waals surface area contributed by atoms with Crippen LogP contribution in [0.5, 0.6) is 11.5 Å². The van der Waals surface area contributed by atoms with Crippen LogP contribution in [0, 0.1) is 0 Å². The Kier molecular flexibility index (Phi) is 4.26. The zero-order valence-corrected chi connectivity index (χ0v) is 14.7. The first-order chi connectivity index (χ1) is 12.6. The maximum absolute atomic E-state index is 12.9. The lowest BCUT2D eigenvalue weighted by molar-refractivity contribution is 0.0940. The van der Waals surface area contributed by atoms with Crippen molar-refractivity contribution < 1.29 is 14.3 Å². The van der Waals surface area contributed by atoms with Gasteiger partial charge in [0.1, 0.15) is 11.9 Å². The van der Waals surface area contributed by atoms with Crippen LogP contribution in [-0.4, -0.2) is 22.3 Å². The van der Waals surface area contributed by atoms with Crippen molar-refractivity contribution in [1.82, 2.24) is 14.9 Å². The maximum Gasteiger partial charge on any atom is 0.252 e. The van der Waals surface area contributed by atoms with Crippen molar-refractivity contribution >= 4 is 17.5 Å². The van der Waals surface area contributed by atoms with Gasteiger partial charge in [-0.25, -0.2) is 4.98 Å². The van der Waals surface area contributed by atoms with E-state index in [-0.39, 0.29) is 12.7 Å². The Labute approximate surface area is 155 Å². The van der Waals surface area contributed by atoms with Gasteiger partial charge in [-0.2, -0.15) is 0 Å². The topological polar surface area (TPSA) is 65.4 Å². The molecular weight excluding hydrogens is 354 g/mol. The van der Waals surface area contributed by atoms with Crippen LogP contribution in [0.3, 0.4) is 0 Å². The highest BCUT2D eigenvalue weighted by atomic mass is 35.5. The van der Waals surface area contributed by atoms with Gasteiger partial charge in [0, 0.05) is 25.0 Å². The monoisotopic (exact) mass is 369 g/mol. The highest BCUT2D eigenvalue weighted by Gasteiger charge is 2.24. The average Bonchev–Trinajstić information content (AvgIpc) is 3.29. The van der Waals surface area contributed by atoms with Gasteiger partial charge in [0.25, 0.3) is 5.91 Å². The van der Waals surface area contributed by atoms with E-state index in [2.05, 4.69) is 10.3 Å². The van der Waals surface area contributed by atoms with Crippen LogP contribution in [0.15, 0.2) is 54.9 Å². The molecule has 1 aliphatic rings. The number of hydrogen-bond acceptors (Lipinski definition) is 4. The lowest BCUT2D eigenvalue weighted by Gasteiger charge is -2.19. The fraction of sp³-hybridized carbons (Fsp3) is 0.158. The van der Waals surface area contributed by atoms with E-state index in [0.717, 1.165) is 11.4 Å². The molecule has 7 heteroatoms. The van der Waals surface area contributed by atoms with Gasteiger partial charge in [0.05, 0.1) is 5.02 Å². The minimum absolute atomic E-state index is 0.0973. The van der Waals surface area contributed by atoms with Crippen molar-refractivity contribution in [2.24, 2.45) is 7.05 Å². The summed E-state index contributed by atoms with van der Waals surface area (Å²) in [5.74, 6) is 1.39. The summed E-state index contributed by atoms with van der Waals surface area (Å²) in [4.78, 5) is 17.3. The number of carbonyl (C=O) groups excluding carboxylic acids is 1. The second kappa shape index (κ2) is 6.72. The van der Waals surface area contributed by atoms with Gasteiger partial charge in [0.15, 0.2) is 11.5 Å². The summed E-state index contributed by atoms with van der Waals surface area (Å²) >= 11 is 6.20. The summed E-state index contributed by atoms with van der Waals surface area (Å²) in [5.41, 5.74) is 1.33. The number of carbonyl (C=O) groups is 1. The molecule has 2 heterocycles. The van der Waals surface area contributed by atoms with E-state index >= 15 is 0 Å². The molecule has 0 spiro atoms. The number of hydrogen-bond donors (Lipinski definition) is 1. The molecule has 0 fully saturated rings. The number of ether oxygens (including phenoxy) is 2. The smallest absolute Gasteiger partial charge is 0.252 e. The van der Waals surface area contributed by atoms with Crippen LogP contribution in [0.2, 0.25) is 5.02 Å². The number of rotatable bonds is 4. The van der Waals surface area contributed by atoms with Crippen LogP contribution in [0.4, 0.5) is 0 Å². The molecule has 0 aliphatic carbocycles. The first-order valence-corrected chi connectivity index (χ1v) is 8.43. The van der Waals surface area contributed by atoms with Gasteiger partial charge in [-0.3, -0.25) is 4.79 Å². The molecule has 0 saturated heterocycles. The molecule has 1 aromatic heterocycles. The molecule has 4 rings (SSSR count). The number of fused-ring (bicyclic) bond motifs is 1. The van der Waals surface area contributed by atoms with Gasteiger partial charge in [-0.05, 0) is 17.7 Å². The van der Waals surface area contributed by atoms with Crippen molar-refractivity contribution in [3.63, 3.8) is 0 Å². The second-order valence-electron chi connectivity index (χ2n) is 5.91. The Hall–Kier alpha value is -2.99. The van der Waals surface area contributed by atoms with E-state index in [1.54, 1.807) is 18.3 Å². The molecular formula is C19H16ClN3O3. The third-order valence-electron chi connectivity index (χ3n) is 4.21. The third-order valence-corrected chi connectivity index (χ3v) is 4.50. The van der Waals surface area contributed by atoms with E-state index in [0.29, 0.717) is 22.1 Å². The van der Waals surface area contributed by atoms with Crippen molar-refractivity contribution in [1.29, 1.82) is 0 Å². The number of amides is 1. The molecule has 1 atom stereocenters. The molecule has 0 unspecified atom stereocenters. The highest BCUT2D eigenvalue weighted by molar-refractivity contribution is 6.32. The van der Waals surface area contributed by atoms with Gasteiger partial charge in [0.2, 0.25) is 6.79 Å². The lowest BCUT2D eigenvalue weighted by Crippen LogP contribution is -2.31. The van der Waals surface area contributed by atoms with E-state index in [9.17, 15) is 4.79 Å². The summed E-state index contributed by atoms with van der Waals surface area (Å²) in [6, 6.07) is 12.5. The Balaban J connectivity index is 1.67. The SMILES string of the molecule is Cn1ccnc1[C@@H](NC(=O)c1cc(Cl)c2c(c1)OCO2)c1ccccc1. The van der Waals surface area contributed by atoms with Crippen LogP contribution in [-0.2, 0) is 7.05 Å². The highest BCUT2D eigenvalue weighted by Crippen LogP contribution is 2.39. The van der Waals surface area contributed by atoms with Crippen molar-refractivity contribution in [3.05, 3.63) is 76.8 Å². The van der Waals surface area contributed by atoms with Gasteiger partial charge in [-0.15, -0.1) is 0 Å². The van der Waals surface area contributed by atoms with Crippen molar-refractivity contribution in [3.8, 4) is 11.5 Å². The molecule has 0 saturated carbocycles. The largest absolute Gasteiger partial charge is 0.454 e. The maximum atomic E-state index is 12.9. The summed E-state index contributed by atoms with van der Waals surface area (Å²) in [5, 5.41) is 3.38. The summed E-state index contributed by atoms with van der Waals surface area (Å²) in [7, 11) is 1.89. The average molecular weight is 370 g/mol.